The van der Waals surface area contributed by atoms with Crippen LogP contribution >= 0.6 is 0 Å². The molecule has 0 N–H and O–H groups in total. The van der Waals surface area contributed by atoms with Gasteiger partial charge in [-0.05, 0) is 37.8 Å². The van der Waals surface area contributed by atoms with Crippen LogP contribution in [0.1, 0.15) is 25.7 Å². The highest BCUT2D eigenvalue weighted by Gasteiger charge is 2.41. The molecule has 1 aromatic heterocycles. The largest absolute Gasteiger partial charge is 0.439 e. The number of fused-ring (bicyclic) bond motifs is 1. The molecule has 2 aromatic rings. The molecule has 29 heavy (non-hydrogen) atoms. The number of hydrogen-bond acceptors (Lipinski definition) is 7. The van der Waals surface area contributed by atoms with Gasteiger partial charge in [-0.3, -0.25) is 9.59 Å². The number of carbonyl (C=O) groups is 3. The van der Waals surface area contributed by atoms with Crippen molar-refractivity contribution in [2.24, 2.45) is 0 Å². The lowest BCUT2D eigenvalue weighted by atomic mass is 10.0. The number of benzene rings is 1. The number of cyclic esters (lactones) is 1. The van der Waals surface area contributed by atoms with Crippen molar-refractivity contribution in [3.8, 4) is 0 Å². The Morgan fingerprint density at radius 2 is 1.86 bits per heavy atom. The third-order valence-electron chi connectivity index (χ3n) is 5.99. The fourth-order valence-corrected chi connectivity index (χ4v) is 4.51. The summed E-state index contributed by atoms with van der Waals surface area (Å²) in [4.78, 5) is 46.4. The number of oxazole rings is 1. The Bertz CT molecular complexity index is 916. The third kappa shape index (κ3) is 3.10. The summed E-state index contributed by atoms with van der Waals surface area (Å²) >= 11 is 0. The Kier molecular flexibility index (Phi) is 4.37. The molecule has 9 nitrogen and oxygen atoms in total. The zero-order valence-corrected chi connectivity index (χ0v) is 16.0. The fourth-order valence-electron chi connectivity index (χ4n) is 4.51. The Morgan fingerprint density at radius 1 is 1.07 bits per heavy atom. The van der Waals surface area contributed by atoms with Crippen LogP contribution in [-0.2, 0) is 14.3 Å². The molecule has 9 heteroatoms. The number of piperidine rings is 1. The van der Waals surface area contributed by atoms with E-state index < -0.39 is 6.09 Å². The van der Waals surface area contributed by atoms with Crippen molar-refractivity contribution >= 4 is 35.0 Å². The van der Waals surface area contributed by atoms with Gasteiger partial charge in [0.05, 0.1) is 0 Å². The average molecular weight is 398 g/mol. The van der Waals surface area contributed by atoms with Crippen molar-refractivity contribution < 1.29 is 23.5 Å². The lowest BCUT2D eigenvalue weighted by molar-refractivity contribution is -0.134. The fraction of sp³-hybridized carbons (Fsp3) is 0.500. The summed E-state index contributed by atoms with van der Waals surface area (Å²) in [5, 5.41) is 0. The molecule has 3 saturated heterocycles. The summed E-state index contributed by atoms with van der Waals surface area (Å²) in [5.74, 6) is -0.240. The molecular weight excluding hydrogens is 376 g/mol. The number of amides is 3. The van der Waals surface area contributed by atoms with Gasteiger partial charge in [-0.1, -0.05) is 12.1 Å². The first-order valence-corrected chi connectivity index (χ1v) is 10.0. The smallest absolute Gasteiger partial charge is 0.417 e. The molecule has 1 aromatic carbocycles. The maximum absolute atomic E-state index is 13.2. The van der Waals surface area contributed by atoms with E-state index in [4.69, 9.17) is 9.15 Å². The second kappa shape index (κ2) is 7.06. The van der Waals surface area contributed by atoms with E-state index in [2.05, 4.69) is 4.98 Å². The Labute approximate surface area is 167 Å². The second-order valence-electron chi connectivity index (χ2n) is 7.69. The summed E-state index contributed by atoms with van der Waals surface area (Å²) in [6, 6.07) is 7.57. The maximum atomic E-state index is 13.2. The number of aromatic nitrogens is 1. The van der Waals surface area contributed by atoms with E-state index in [1.165, 1.54) is 4.90 Å². The van der Waals surface area contributed by atoms with Gasteiger partial charge in [0, 0.05) is 25.7 Å². The monoisotopic (exact) mass is 398 g/mol. The average Bonchev–Trinajstić information content (AvgIpc) is 3.45. The van der Waals surface area contributed by atoms with Crippen molar-refractivity contribution in [3.63, 3.8) is 0 Å². The number of likely N-dealkylation sites (tertiary alicyclic amines) is 1. The van der Waals surface area contributed by atoms with Crippen molar-refractivity contribution in [2.45, 2.75) is 37.8 Å². The van der Waals surface area contributed by atoms with E-state index in [9.17, 15) is 14.4 Å². The van der Waals surface area contributed by atoms with Crippen LogP contribution in [0.15, 0.2) is 28.7 Å². The number of imide groups is 1. The minimum atomic E-state index is -0.572. The van der Waals surface area contributed by atoms with Crippen LogP contribution in [0.5, 0.6) is 0 Å². The summed E-state index contributed by atoms with van der Waals surface area (Å²) in [6.45, 7) is 1.57. The molecule has 152 valence electrons. The van der Waals surface area contributed by atoms with Crippen molar-refractivity contribution in [1.29, 1.82) is 0 Å². The molecule has 1 unspecified atom stereocenters. The minimum absolute atomic E-state index is 0.0542. The topological polar surface area (TPSA) is 96.2 Å². The summed E-state index contributed by atoms with van der Waals surface area (Å²) in [6.07, 6.45) is 2.23. The highest BCUT2D eigenvalue weighted by atomic mass is 16.6. The van der Waals surface area contributed by atoms with Gasteiger partial charge < -0.3 is 19.0 Å². The van der Waals surface area contributed by atoms with E-state index >= 15 is 0 Å². The van der Waals surface area contributed by atoms with Gasteiger partial charge >= 0.3 is 6.09 Å². The lowest BCUT2D eigenvalue weighted by Gasteiger charge is -2.37. The van der Waals surface area contributed by atoms with Crippen molar-refractivity contribution in [1.82, 2.24) is 14.8 Å². The third-order valence-corrected chi connectivity index (χ3v) is 5.99. The van der Waals surface area contributed by atoms with Crippen LogP contribution in [0, 0.1) is 0 Å². The zero-order valence-electron chi connectivity index (χ0n) is 16.0. The van der Waals surface area contributed by atoms with Crippen molar-refractivity contribution in [3.05, 3.63) is 24.3 Å². The van der Waals surface area contributed by atoms with E-state index in [-0.39, 0.29) is 30.5 Å². The number of nitrogens with zero attached hydrogens (tertiary/aromatic N) is 4. The number of rotatable bonds is 3. The molecule has 4 heterocycles. The predicted octanol–water partition coefficient (Wildman–Crippen LogP) is 1.77. The number of para-hydroxylation sites is 2. The maximum Gasteiger partial charge on any atom is 0.417 e. The number of hydrogen-bond donors (Lipinski definition) is 0. The molecule has 3 fully saturated rings. The van der Waals surface area contributed by atoms with Crippen LogP contribution in [0.3, 0.4) is 0 Å². The molecule has 0 saturated carbocycles. The summed E-state index contributed by atoms with van der Waals surface area (Å²) in [7, 11) is 0. The van der Waals surface area contributed by atoms with E-state index in [1.54, 1.807) is 0 Å². The van der Waals surface area contributed by atoms with E-state index in [0.717, 1.165) is 24.9 Å². The molecule has 1 atom stereocenters. The molecule has 0 spiro atoms. The second-order valence-corrected chi connectivity index (χ2v) is 7.69. The minimum Gasteiger partial charge on any atom is -0.439 e. The van der Waals surface area contributed by atoms with Gasteiger partial charge in [-0.25, -0.2) is 9.69 Å². The van der Waals surface area contributed by atoms with Gasteiger partial charge in [0.15, 0.2) is 12.2 Å². The highest BCUT2D eigenvalue weighted by molar-refractivity contribution is 5.98. The number of ether oxygens (including phenoxy) is 1. The first kappa shape index (κ1) is 18.0. The standard InChI is InChI=1S/C20H22N4O5/c25-17-12-28-20(27)24(17)13-7-10-22(11-8-13)18(26)15-5-3-9-23(15)19-21-14-4-1-2-6-16(14)29-19/h1-2,4,6,13,15H,3,5,7-12H2. The van der Waals surface area contributed by atoms with Crippen LogP contribution in [0.25, 0.3) is 11.1 Å². The SMILES string of the molecule is O=C(C1CCCN1c1nc2ccccc2o1)N1CCC(N2C(=O)COC2=O)CC1. The number of anilines is 1. The highest BCUT2D eigenvalue weighted by Crippen LogP contribution is 2.30. The summed E-state index contributed by atoms with van der Waals surface area (Å²) in [5.41, 5.74) is 1.49. The predicted molar refractivity (Wildman–Crippen MR) is 102 cm³/mol. The van der Waals surface area contributed by atoms with Crippen LogP contribution < -0.4 is 4.90 Å². The molecule has 0 bridgehead atoms. The van der Waals surface area contributed by atoms with Gasteiger partial charge in [0.1, 0.15) is 11.6 Å². The van der Waals surface area contributed by atoms with E-state index in [0.29, 0.717) is 37.5 Å². The Morgan fingerprint density at radius 3 is 2.59 bits per heavy atom. The molecule has 0 radical (unpaired) electrons. The normalized spacial score (nSPS) is 23.3. The molecule has 0 aliphatic carbocycles. The lowest BCUT2D eigenvalue weighted by Crippen LogP contribution is -2.52. The van der Waals surface area contributed by atoms with Crippen LogP contribution in [0.4, 0.5) is 10.8 Å². The number of carbonyl (C=O) groups excluding carboxylic acids is 3. The van der Waals surface area contributed by atoms with Gasteiger partial charge in [0.2, 0.25) is 5.91 Å². The van der Waals surface area contributed by atoms with Gasteiger partial charge in [-0.15, -0.1) is 0 Å². The van der Waals surface area contributed by atoms with Gasteiger partial charge in [0.25, 0.3) is 11.9 Å². The first-order valence-electron chi connectivity index (χ1n) is 10.0. The van der Waals surface area contributed by atoms with Crippen LogP contribution in [-0.4, -0.2) is 71.0 Å². The van der Waals surface area contributed by atoms with Crippen molar-refractivity contribution in [2.75, 3.05) is 31.1 Å². The first-order chi connectivity index (χ1) is 14.1. The molecular formula is C20H22N4O5. The molecule has 3 aliphatic rings. The summed E-state index contributed by atoms with van der Waals surface area (Å²) < 4.78 is 10.7. The quantitative estimate of drug-likeness (QED) is 0.777. The molecule has 3 aliphatic heterocycles. The molecule has 5 rings (SSSR count). The Balaban J connectivity index is 1.27. The Hall–Kier alpha value is -3.10. The van der Waals surface area contributed by atoms with Gasteiger partial charge in [-0.2, -0.15) is 4.98 Å². The zero-order chi connectivity index (χ0) is 20.0. The van der Waals surface area contributed by atoms with E-state index in [1.807, 2.05) is 34.1 Å². The molecule has 3 amide bonds. The van der Waals surface area contributed by atoms with Crippen LogP contribution in [0.2, 0.25) is 0 Å².